The Morgan fingerprint density at radius 1 is 1.30 bits per heavy atom. The number of rotatable bonds is 3. The van der Waals surface area contributed by atoms with E-state index in [1.165, 1.54) is 0 Å². The van der Waals surface area contributed by atoms with Crippen LogP contribution in [0.2, 0.25) is 0 Å². The molecule has 1 fully saturated rings. The number of amides is 1. The first-order valence-electron chi connectivity index (χ1n) is 6.43. The van der Waals surface area contributed by atoms with E-state index in [2.05, 4.69) is 0 Å². The maximum atomic E-state index is 12.7. The van der Waals surface area contributed by atoms with Gasteiger partial charge in [-0.1, -0.05) is 0 Å². The first-order chi connectivity index (χ1) is 9.11. The summed E-state index contributed by atoms with van der Waals surface area (Å²) in [5.41, 5.74) is 2.20. The van der Waals surface area contributed by atoms with Crippen LogP contribution in [0.4, 0.5) is 13.2 Å². The number of nitrogens with zero attached hydrogens (tertiary/aromatic N) is 1. The third-order valence-electron chi connectivity index (χ3n) is 3.44. The molecule has 1 rings (SSSR count). The summed E-state index contributed by atoms with van der Waals surface area (Å²) in [7, 11) is 0. The number of esters is 1. The molecule has 1 aliphatic heterocycles. The Morgan fingerprint density at radius 3 is 2.20 bits per heavy atom. The van der Waals surface area contributed by atoms with Crippen LogP contribution >= 0.6 is 0 Å². The SMILES string of the molecule is CCOC(=O)C1CCN(C(=O)C(C)(N)C(F)(F)F)CC1. The first-order valence-corrected chi connectivity index (χ1v) is 6.43. The highest BCUT2D eigenvalue weighted by Gasteiger charge is 2.55. The summed E-state index contributed by atoms with van der Waals surface area (Å²) in [5, 5.41) is 0. The summed E-state index contributed by atoms with van der Waals surface area (Å²) < 4.78 is 42.9. The van der Waals surface area contributed by atoms with Crippen LogP contribution in [0.3, 0.4) is 0 Å². The highest BCUT2D eigenvalue weighted by atomic mass is 19.4. The van der Waals surface area contributed by atoms with Gasteiger partial charge in [0, 0.05) is 13.1 Å². The fourth-order valence-corrected chi connectivity index (χ4v) is 2.03. The molecule has 1 saturated heterocycles. The van der Waals surface area contributed by atoms with E-state index in [4.69, 9.17) is 10.5 Å². The van der Waals surface area contributed by atoms with E-state index in [1.807, 2.05) is 0 Å². The van der Waals surface area contributed by atoms with Gasteiger partial charge in [0.15, 0.2) is 5.54 Å². The van der Waals surface area contributed by atoms with Crippen molar-refractivity contribution >= 4 is 11.9 Å². The standard InChI is InChI=1S/C12H19F3N2O3/c1-3-20-9(18)8-4-6-17(7-5-8)10(19)11(2,16)12(13,14)15/h8H,3-7,16H2,1-2H3. The number of halogens is 3. The van der Waals surface area contributed by atoms with Gasteiger partial charge in [-0.05, 0) is 26.7 Å². The van der Waals surface area contributed by atoms with Crippen molar-refractivity contribution in [3.05, 3.63) is 0 Å². The molecule has 0 aliphatic carbocycles. The van der Waals surface area contributed by atoms with Crippen LogP contribution in [0.25, 0.3) is 0 Å². The van der Waals surface area contributed by atoms with E-state index in [1.54, 1.807) is 6.92 Å². The minimum absolute atomic E-state index is 0.0746. The molecule has 0 aromatic carbocycles. The third-order valence-corrected chi connectivity index (χ3v) is 3.44. The smallest absolute Gasteiger partial charge is 0.415 e. The van der Waals surface area contributed by atoms with Gasteiger partial charge in [-0.2, -0.15) is 13.2 Å². The molecule has 1 unspecified atom stereocenters. The predicted molar refractivity (Wildman–Crippen MR) is 64.6 cm³/mol. The lowest BCUT2D eigenvalue weighted by atomic mass is 9.94. The van der Waals surface area contributed by atoms with Crippen molar-refractivity contribution in [3.8, 4) is 0 Å². The number of alkyl halides is 3. The van der Waals surface area contributed by atoms with Crippen LogP contribution in [0.1, 0.15) is 26.7 Å². The van der Waals surface area contributed by atoms with Crippen molar-refractivity contribution in [1.29, 1.82) is 0 Å². The molecule has 1 amide bonds. The summed E-state index contributed by atoms with van der Waals surface area (Å²) in [6.07, 6.45) is -4.22. The molecule has 116 valence electrons. The fraction of sp³-hybridized carbons (Fsp3) is 0.833. The zero-order chi connectivity index (χ0) is 15.6. The van der Waals surface area contributed by atoms with E-state index in [9.17, 15) is 22.8 Å². The quantitative estimate of drug-likeness (QED) is 0.791. The van der Waals surface area contributed by atoms with Crippen molar-refractivity contribution < 1.29 is 27.5 Å². The summed E-state index contributed by atoms with van der Waals surface area (Å²) in [6.45, 7) is 2.75. The lowest BCUT2D eigenvalue weighted by molar-refractivity contribution is -0.194. The van der Waals surface area contributed by atoms with E-state index in [0.29, 0.717) is 19.8 Å². The minimum atomic E-state index is -4.80. The lowest BCUT2D eigenvalue weighted by Gasteiger charge is -2.36. The summed E-state index contributed by atoms with van der Waals surface area (Å²) in [6, 6.07) is 0. The maximum Gasteiger partial charge on any atom is 0.415 e. The van der Waals surface area contributed by atoms with Crippen molar-refractivity contribution in [2.24, 2.45) is 11.7 Å². The molecule has 0 aromatic rings. The zero-order valence-electron chi connectivity index (χ0n) is 11.5. The van der Waals surface area contributed by atoms with E-state index < -0.39 is 17.6 Å². The van der Waals surface area contributed by atoms with Gasteiger partial charge in [0.2, 0.25) is 0 Å². The number of carbonyl (C=O) groups is 2. The second-order valence-electron chi connectivity index (χ2n) is 5.02. The molecule has 1 heterocycles. The highest BCUT2D eigenvalue weighted by molar-refractivity contribution is 5.87. The number of hydrogen-bond donors (Lipinski definition) is 1. The summed E-state index contributed by atoms with van der Waals surface area (Å²) >= 11 is 0. The van der Waals surface area contributed by atoms with Gasteiger partial charge in [0.1, 0.15) is 0 Å². The van der Waals surface area contributed by atoms with E-state index in [-0.39, 0.29) is 31.6 Å². The van der Waals surface area contributed by atoms with Gasteiger partial charge < -0.3 is 15.4 Å². The number of hydrogen-bond acceptors (Lipinski definition) is 4. The highest BCUT2D eigenvalue weighted by Crippen LogP contribution is 2.31. The normalized spacial score (nSPS) is 20.4. The zero-order valence-corrected chi connectivity index (χ0v) is 11.5. The number of nitrogens with two attached hydrogens (primary N) is 1. The molecular weight excluding hydrogens is 277 g/mol. The molecule has 1 aliphatic rings. The van der Waals surface area contributed by atoms with Crippen molar-refractivity contribution in [1.82, 2.24) is 4.90 Å². The number of carbonyl (C=O) groups excluding carboxylic acids is 2. The van der Waals surface area contributed by atoms with Crippen LogP contribution in [0.5, 0.6) is 0 Å². The summed E-state index contributed by atoms with van der Waals surface area (Å²) in [4.78, 5) is 24.4. The van der Waals surface area contributed by atoms with Crippen LogP contribution in [0, 0.1) is 5.92 Å². The second kappa shape index (κ2) is 5.99. The van der Waals surface area contributed by atoms with E-state index >= 15 is 0 Å². The maximum absolute atomic E-state index is 12.7. The topological polar surface area (TPSA) is 72.6 Å². The molecule has 0 radical (unpaired) electrons. The van der Waals surface area contributed by atoms with Gasteiger partial charge in [-0.3, -0.25) is 9.59 Å². The van der Waals surface area contributed by atoms with Gasteiger partial charge in [-0.15, -0.1) is 0 Å². The Bertz CT molecular complexity index is 375. The molecule has 20 heavy (non-hydrogen) atoms. The van der Waals surface area contributed by atoms with Crippen LogP contribution in [-0.4, -0.2) is 48.2 Å². The predicted octanol–water partition coefficient (Wildman–Crippen LogP) is 1.07. The van der Waals surface area contributed by atoms with Crippen molar-refractivity contribution in [2.75, 3.05) is 19.7 Å². The average molecular weight is 296 g/mol. The largest absolute Gasteiger partial charge is 0.466 e. The second-order valence-corrected chi connectivity index (χ2v) is 5.02. The third kappa shape index (κ3) is 3.41. The molecule has 0 aromatic heterocycles. The summed E-state index contributed by atoms with van der Waals surface area (Å²) in [5.74, 6) is -1.90. The monoisotopic (exact) mass is 296 g/mol. The first kappa shape index (κ1) is 16.7. The molecular formula is C12H19F3N2O3. The lowest BCUT2D eigenvalue weighted by Crippen LogP contribution is -2.63. The Morgan fingerprint density at radius 2 is 1.80 bits per heavy atom. The van der Waals surface area contributed by atoms with Crippen LogP contribution in [0.15, 0.2) is 0 Å². The van der Waals surface area contributed by atoms with Gasteiger partial charge in [0.05, 0.1) is 12.5 Å². The Kier molecular flexibility index (Phi) is 5.01. The molecule has 1 atom stereocenters. The Balaban J connectivity index is 2.62. The Hall–Kier alpha value is -1.31. The molecule has 8 heteroatoms. The fourth-order valence-electron chi connectivity index (χ4n) is 2.03. The van der Waals surface area contributed by atoms with Crippen LogP contribution in [-0.2, 0) is 14.3 Å². The number of likely N-dealkylation sites (tertiary alicyclic amines) is 1. The number of ether oxygens (including phenoxy) is 1. The minimum Gasteiger partial charge on any atom is -0.466 e. The Labute approximate surface area is 115 Å². The molecule has 2 N–H and O–H groups in total. The van der Waals surface area contributed by atoms with Gasteiger partial charge in [0.25, 0.3) is 5.91 Å². The van der Waals surface area contributed by atoms with Crippen molar-refractivity contribution in [2.45, 2.75) is 38.4 Å². The van der Waals surface area contributed by atoms with E-state index in [0.717, 1.165) is 4.90 Å². The molecule has 0 saturated carbocycles. The molecule has 0 spiro atoms. The molecule has 5 nitrogen and oxygen atoms in total. The molecule has 0 bridgehead atoms. The average Bonchev–Trinajstić information content (AvgIpc) is 2.37. The van der Waals surface area contributed by atoms with Gasteiger partial charge in [-0.25, -0.2) is 0 Å². The van der Waals surface area contributed by atoms with Gasteiger partial charge >= 0.3 is 12.1 Å². The number of piperidine rings is 1. The van der Waals surface area contributed by atoms with Crippen LogP contribution < -0.4 is 5.73 Å². The van der Waals surface area contributed by atoms with Crippen molar-refractivity contribution in [3.63, 3.8) is 0 Å².